The zero-order valence-electron chi connectivity index (χ0n) is 24.4. The first kappa shape index (κ1) is 25.1. The van der Waals surface area contributed by atoms with Crippen LogP contribution in [0.15, 0.2) is 164 Å². The molecule has 0 saturated carbocycles. The van der Waals surface area contributed by atoms with Gasteiger partial charge in [0.1, 0.15) is 0 Å². The largest absolute Gasteiger partial charge is 0.333 e. The Labute approximate surface area is 259 Å². The van der Waals surface area contributed by atoms with Crippen LogP contribution in [0.1, 0.15) is 28.2 Å². The van der Waals surface area contributed by atoms with Gasteiger partial charge in [-0.3, -0.25) is 0 Å². The van der Waals surface area contributed by atoms with E-state index in [4.69, 9.17) is 0 Å². The second-order valence-electron chi connectivity index (χ2n) is 12.1. The van der Waals surface area contributed by atoms with E-state index in [1.54, 1.807) is 0 Å². The van der Waals surface area contributed by atoms with Crippen LogP contribution in [0.4, 0.5) is 11.4 Å². The second-order valence-corrected chi connectivity index (χ2v) is 12.1. The normalized spacial score (nSPS) is 17.5. The third-order valence-electron chi connectivity index (χ3n) is 9.62. The molecule has 0 saturated heterocycles. The minimum atomic E-state index is 0.280. The molecule has 44 heavy (non-hydrogen) atoms. The monoisotopic (exact) mass is 561 g/mol. The Balaban J connectivity index is 1.07. The molecule has 1 heteroatoms. The molecular weight excluding hydrogens is 530 g/mol. The van der Waals surface area contributed by atoms with E-state index < -0.39 is 0 Å². The van der Waals surface area contributed by atoms with Crippen LogP contribution in [-0.4, -0.2) is 6.04 Å². The topological polar surface area (TPSA) is 3.24 Å². The van der Waals surface area contributed by atoms with Crippen molar-refractivity contribution in [3.8, 4) is 33.4 Å². The molecule has 6 aromatic rings. The van der Waals surface area contributed by atoms with Crippen LogP contribution in [-0.2, 0) is 6.42 Å². The van der Waals surface area contributed by atoms with Gasteiger partial charge in [0.25, 0.3) is 0 Å². The van der Waals surface area contributed by atoms with Crippen molar-refractivity contribution >= 4 is 16.9 Å². The molecule has 2 unspecified atom stereocenters. The first-order valence-corrected chi connectivity index (χ1v) is 15.6. The van der Waals surface area contributed by atoms with Gasteiger partial charge >= 0.3 is 0 Å². The molecule has 0 bridgehead atoms. The fraction of sp³-hybridized carbons (Fsp3) is 0.0698. The van der Waals surface area contributed by atoms with Crippen LogP contribution in [0.2, 0.25) is 0 Å². The summed E-state index contributed by atoms with van der Waals surface area (Å²) < 4.78 is 0. The second kappa shape index (κ2) is 10.1. The molecule has 0 spiro atoms. The van der Waals surface area contributed by atoms with Crippen LogP contribution >= 0.6 is 0 Å². The van der Waals surface area contributed by atoms with Crippen molar-refractivity contribution in [3.05, 3.63) is 186 Å². The van der Waals surface area contributed by atoms with Gasteiger partial charge < -0.3 is 4.90 Å². The number of rotatable bonds is 4. The maximum atomic E-state index is 2.50. The summed E-state index contributed by atoms with van der Waals surface area (Å²) in [4.78, 5) is 2.50. The standard InChI is InChI=1S/C43H31N/c1-3-10-29(11-4-1)30-12-9-13-31(24-30)32-18-20-35-25-36-21-19-33(27-40(36)39(35)26-32)34-22-23-43-41(28-34)38-16-7-8-17-42(38)44(43)37-14-5-2-6-15-37/h1-24,26-28,41,43H,25H2. The SMILES string of the molecule is C1=CC2C(C=C1c1ccc3c(c1)-c1cc(-c4cccc(-c5ccccc5)c4)ccc1C3)c1ccccc1N2c1ccccc1. The van der Waals surface area contributed by atoms with Gasteiger partial charge in [0, 0.05) is 17.3 Å². The number of allylic oxidation sites excluding steroid dienone is 2. The highest BCUT2D eigenvalue weighted by Crippen LogP contribution is 2.49. The van der Waals surface area contributed by atoms with E-state index in [0.717, 1.165) is 6.42 Å². The summed E-state index contributed by atoms with van der Waals surface area (Å²) in [6.07, 6.45) is 8.24. The molecule has 6 aromatic carbocycles. The summed E-state index contributed by atoms with van der Waals surface area (Å²) in [6.45, 7) is 0. The highest BCUT2D eigenvalue weighted by Gasteiger charge is 2.38. The van der Waals surface area contributed by atoms with Gasteiger partial charge in [0.15, 0.2) is 0 Å². The Hall–Kier alpha value is -5.40. The number of nitrogens with zero attached hydrogens (tertiary/aromatic N) is 1. The Morgan fingerprint density at radius 2 is 1.11 bits per heavy atom. The first-order chi connectivity index (χ1) is 21.8. The summed E-state index contributed by atoms with van der Waals surface area (Å²) in [6, 6.07) is 53.7. The third-order valence-corrected chi connectivity index (χ3v) is 9.62. The number of hydrogen-bond acceptors (Lipinski definition) is 1. The molecular formula is C43H31N. The molecule has 0 aromatic heterocycles. The smallest absolute Gasteiger partial charge is 0.0630 e. The van der Waals surface area contributed by atoms with Crippen LogP contribution in [0.5, 0.6) is 0 Å². The predicted molar refractivity (Wildman–Crippen MR) is 184 cm³/mol. The van der Waals surface area contributed by atoms with Crippen molar-refractivity contribution in [1.82, 2.24) is 0 Å². The lowest BCUT2D eigenvalue weighted by atomic mass is 9.85. The number of benzene rings is 6. The van der Waals surface area contributed by atoms with E-state index in [9.17, 15) is 0 Å². The zero-order valence-corrected chi connectivity index (χ0v) is 24.4. The van der Waals surface area contributed by atoms with Crippen LogP contribution in [0.3, 0.4) is 0 Å². The lowest BCUT2D eigenvalue weighted by Crippen LogP contribution is -2.28. The maximum absolute atomic E-state index is 2.50. The molecule has 3 aliphatic rings. The predicted octanol–water partition coefficient (Wildman–Crippen LogP) is 10.8. The van der Waals surface area contributed by atoms with Gasteiger partial charge in [-0.1, -0.05) is 127 Å². The maximum Gasteiger partial charge on any atom is 0.0630 e. The molecule has 1 nitrogen and oxygen atoms in total. The van der Waals surface area contributed by atoms with Crippen molar-refractivity contribution in [2.24, 2.45) is 0 Å². The number of anilines is 2. The van der Waals surface area contributed by atoms with Crippen molar-refractivity contribution in [1.29, 1.82) is 0 Å². The first-order valence-electron chi connectivity index (χ1n) is 15.6. The lowest BCUT2D eigenvalue weighted by Gasteiger charge is -2.29. The molecule has 0 fully saturated rings. The van der Waals surface area contributed by atoms with Gasteiger partial charge in [0.2, 0.25) is 0 Å². The van der Waals surface area contributed by atoms with Crippen molar-refractivity contribution < 1.29 is 0 Å². The van der Waals surface area contributed by atoms with Crippen LogP contribution in [0.25, 0.3) is 39.0 Å². The zero-order chi connectivity index (χ0) is 29.0. The highest BCUT2D eigenvalue weighted by molar-refractivity contribution is 5.88. The minimum absolute atomic E-state index is 0.280. The van der Waals surface area contributed by atoms with Crippen LogP contribution < -0.4 is 4.90 Å². The Morgan fingerprint density at radius 3 is 1.91 bits per heavy atom. The molecule has 208 valence electrons. The summed E-state index contributed by atoms with van der Waals surface area (Å²) in [5.41, 5.74) is 17.1. The molecule has 1 aliphatic heterocycles. The molecule has 0 N–H and O–H groups in total. The van der Waals surface area contributed by atoms with E-state index in [2.05, 4.69) is 169 Å². The van der Waals surface area contributed by atoms with E-state index in [1.165, 1.54) is 72.6 Å². The molecule has 1 heterocycles. The van der Waals surface area contributed by atoms with E-state index in [1.807, 2.05) is 0 Å². The van der Waals surface area contributed by atoms with Gasteiger partial charge in [-0.15, -0.1) is 0 Å². The van der Waals surface area contributed by atoms with Crippen molar-refractivity contribution in [3.63, 3.8) is 0 Å². The summed E-state index contributed by atoms with van der Waals surface area (Å²) >= 11 is 0. The average molecular weight is 562 g/mol. The summed E-state index contributed by atoms with van der Waals surface area (Å²) in [7, 11) is 0. The molecule has 2 aliphatic carbocycles. The highest BCUT2D eigenvalue weighted by atomic mass is 15.2. The average Bonchev–Trinajstić information content (AvgIpc) is 3.63. The quantitative estimate of drug-likeness (QED) is 0.207. The Bertz CT molecular complexity index is 2100. The molecule has 9 rings (SSSR count). The van der Waals surface area contributed by atoms with Gasteiger partial charge in [-0.25, -0.2) is 0 Å². The van der Waals surface area contributed by atoms with E-state index in [-0.39, 0.29) is 6.04 Å². The molecule has 0 radical (unpaired) electrons. The Kier molecular flexibility index (Phi) is 5.77. The Morgan fingerprint density at radius 1 is 0.500 bits per heavy atom. The van der Waals surface area contributed by atoms with Crippen molar-refractivity contribution in [2.45, 2.75) is 18.4 Å². The van der Waals surface area contributed by atoms with Gasteiger partial charge in [0.05, 0.1) is 6.04 Å². The lowest BCUT2D eigenvalue weighted by molar-refractivity contribution is 0.747. The summed E-state index contributed by atoms with van der Waals surface area (Å²) in [5, 5.41) is 0. The van der Waals surface area contributed by atoms with E-state index in [0.29, 0.717) is 5.92 Å². The fourth-order valence-electron chi connectivity index (χ4n) is 7.47. The van der Waals surface area contributed by atoms with Gasteiger partial charge in [-0.2, -0.15) is 0 Å². The van der Waals surface area contributed by atoms with Crippen molar-refractivity contribution in [2.75, 3.05) is 4.90 Å². The minimum Gasteiger partial charge on any atom is -0.333 e. The molecule has 0 amide bonds. The van der Waals surface area contributed by atoms with Gasteiger partial charge in [-0.05, 0) is 104 Å². The number of fused-ring (bicyclic) bond motifs is 6. The number of para-hydroxylation sites is 2. The third kappa shape index (κ3) is 4.08. The fourth-order valence-corrected chi connectivity index (χ4v) is 7.47. The van der Waals surface area contributed by atoms with Crippen LogP contribution in [0, 0.1) is 0 Å². The number of hydrogen-bond donors (Lipinski definition) is 0. The van der Waals surface area contributed by atoms with E-state index >= 15 is 0 Å². The summed E-state index contributed by atoms with van der Waals surface area (Å²) in [5.74, 6) is 0.315. The molecule has 2 atom stereocenters.